The number of amidine groups is 1. The van der Waals surface area contributed by atoms with Gasteiger partial charge in [0, 0.05) is 41.8 Å². The molecule has 0 unspecified atom stereocenters. The van der Waals surface area contributed by atoms with Gasteiger partial charge < -0.3 is 26.0 Å². The summed E-state index contributed by atoms with van der Waals surface area (Å²) in [6.07, 6.45) is 5.13. The predicted octanol–water partition coefficient (Wildman–Crippen LogP) is 3.27. The van der Waals surface area contributed by atoms with Crippen LogP contribution in [-0.2, 0) is 17.9 Å². The van der Waals surface area contributed by atoms with E-state index in [-0.39, 0.29) is 23.9 Å². The maximum absolute atomic E-state index is 12.8. The second kappa shape index (κ2) is 9.23. The molecule has 6 N–H and O–H groups in total. The Morgan fingerprint density at radius 1 is 1.06 bits per heavy atom. The fraction of sp³-hybridized carbons (Fsp3) is 0.0833. The molecule has 0 bridgehead atoms. The van der Waals surface area contributed by atoms with Gasteiger partial charge in [0.2, 0.25) is 5.91 Å². The first-order chi connectivity index (χ1) is 15.9. The van der Waals surface area contributed by atoms with Gasteiger partial charge in [-0.1, -0.05) is 18.2 Å². The number of aromatic carboxylic acids is 1. The Bertz CT molecular complexity index is 1330. The van der Waals surface area contributed by atoms with Crippen molar-refractivity contribution in [2.45, 2.75) is 13.1 Å². The molecule has 1 amide bonds. The van der Waals surface area contributed by atoms with Crippen molar-refractivity contribution in [3.05, 3.63) is 89.9 Å². The molecule has 2 heterocycles. The molecule has 166 valence electrons. The molecule has 0 saturated carbocycles. The van der Waals surface area contributed by atoms with Gasteiger partial charge in [0.15, 0.2) is 0 Å². The number of rotatable bonds is 8. The van der Waals surface area contributed by atoms with Gasteiger partial charge in [-0.3, -0.25) is 15.2 Å². The van der Waals surface area contributed by atoms with Crippen LogP contribution in [0.15, 0.2) is 73.2 Å². The predicted molar refractivity (Wildman–Crippen MR) is 127 cm³/mol. The number of hydrogen-bond acceptors (Lipinski definition) is 5. The van der Waals surface area contributed by atoms with Crippen LogP contribution in [0.1, 0.15) is 21.5 Å². The van der Waals surface area contributed by atoms with Crippen LogP contribution in [-0.4, -0.2) is 32.4 Å². The first kappa shape index (κ1) is 21.6. The average Bonchev–Trinajstić information content (AvgIpc) is 3.18. The molecular formula is C24H22N6O3. The number of carboxylic acids is 1. The van der Waals surface area contributed by atoms with Gasteiger partial charge in [-0.25, -0.2) is 4.79 Å². The summed E-state index contributed by atoms with van der Waals surface area (Å²) >= 11 is 0. The third-order valence-electron chi connectivity index (χ3n) is 5.15. The molecule has 0 atom stereocenters. The molecule has 9 heteroatoms. The number of nitrogens with two attached hydrogens (primary N) is 1. The Hall–Kier alpha value is -4.66. The van der Waals surface area contributed by atoms with Gasteiger partial charge in [0.05, 0.1) is 16.8 Å². The van der Waals surface area contributed by atoms with Gasteiger partial charge in [-0.2, -0.15) is 0 Å². The normalized spacial score (nSPS) is 10.7. The summed E-state index contributed by atoms with van der Waals surface area (Å²) < 4.78 is 1.77. The first-order valence-corrected chi connectivity index (χ1v) is 10.1. The van der Waals surface area contributed by atoms with Crippen LogP contribution in [0.5, 0.6) is 0 Å². The van der Waals surface area contributed by atoms with Crippen molar-refractivity contribution < 1.29 is 14.7 Å². The van der Waals surface area contributed by atoms with E-state index in [0.717, 1.165) is 22.2 Å². The van der Waals surface area contributed by atoms with E-state index in [0.29, 0.717) is 17.8 Å². The highest BCUT2D eigenvalue weighted by atomic mass is 16.4. The average molecular weight is 442 g/mol. The number of carbonyl (C=O) groups is 2. The van der Waals surface area contributed by atoms with Gasteiger partial charge in [0.25, 0.3) is 0 Å². The molecule has 0 fully saturated rings. The number of pyridine rings is 1. The van der Waals surface area contributed by atoms with Crippen LogP contribution in [0.2, 0.25) is 0 Å². The summed E-state index contributed by atoms with van der Waals surface area (Å²) in [7, 11) is 0. The van der Waals surface area contributed by atoms with Crippen LogP contribution in [0, 0.1) is 5.41 Å². The number of hydrogen-bond donors (Lipinski definition) is 5. The molecule has 0 radical (unpaired) electrons. The third kappa shape index (κ3) is 4.82. The van der Waals surface area contributed by atoms with Crippen LogP contribution in [0.25, 0.3) is 10.9 Å². The third-order valence-corrected chi connectivity index (χ3v) is 5.15. The fourth-order valence-electron chi connectivity index (χ4n) is 3.64. The van der Waals surface area contributed by atoms with Crippen LogP contribution < -0.4 is 16.4 Å². The molecule has 2 aromatic carbocycles. The van der Waals surface area contributed by atoms with E-state index >= 15 is 0 Å². The molecule has 0 aliphatic rings. The lowest BCUT2D eigenvalue weighted by molar-refractivity contribution is -0.116. The highest BCUT2D eigenvalue weighted by Crippen LogP contribution is 2.26. The minimum Gasteiger partial charge on any atom is -0.478 e. The zero-order valence-electron chi connectivity index (χ0n) is 17.6. The quantitative estimate of drug-likeness (QED) is 0.209. The summed E-state index contributed by atoms with van der Waals surface area (Å²) in [5.41, 5.74) is 9.58. The second-order valence-corrected chi connectivity index (χ2v) is 7.42. The Balaban J connectivity index is 1.60. The van der Waals surface area contributed by atoms with Crippen molar-refractivity contribution in [1.29, 1.82) is 5.41 Å². The maximum atomic E-state index is 12.8. The van der Waals surface area contributed by atoms with E-state index in [1.807, 2.05) is 30.3 Å². The largest absolute Gasteiger partial charge is 0.478 e. The topological polar surface area (TPSA) is 146 Å². The molecular weight excluding hydrogens is 420 g/mol. The summed E-state index contributed by atoms with van der Waals surface area (Å²) in [5.74, 6) is -1.41. The van der Waals surface area contributed by atoms with E-state index in [1.54, 1.807) is 35.3 Å². The van der Waals surface area contributed by atoms with Gasteiger partial charge >= 0.3 is 5.97 Å². The minimum absolute atomic E-state index is 0.00559. The molecule has 4 aromatic rings. The number of nitrogen functional groups attached to an aromatic ring is 1. The summed E-state index contributed by atoms with van der Waals surface area (Å²) in [4.78, 5) is 27.9. The Morgan fingerprint density at radius 3 is 2.52 bits per heavy atom. The molecule has 0 aliphatic carbocycles. The van der Waals surface area contributed by atoms with Crippen LogP contribution in [0.3, 0.4) is 0 Å². The standard InChI is InChI=1S/C24H22N6O3/c25-23(26)20-13-30(14-21(31)29-17-8-6-15(7-9-17)24(32)33)22-16(3-1-5-19(20)22)11-28-18-4-2-10-27-12-18/h1-10,12-13,28H,11,14H2,(H3,25,26)(H,29,31)(H,32,33). The molecule has 0 saturated heterocycles. The van der Waals surface area contributed by atoms with Crippen LogP contribution in [0.4, 0.5) is 11.4 Å². The number of nitrogens with zero attached hydrogens (tertiary/aromatic N) is 2. The zero-order valence-corrected chi connectivity index (χ0v) is 17.6. The summed E-state index contributed by atoms with van der Waals surface area (Å²) in [6, 6.07) is 15.4. The number of carboxylic acid groups (broad SMARTS) is 1. The number of nitrogens with one attached hydrogen (secondary N) is 3. The van der Waals surface area contributed by atoms with Gasteiger partial charge in [-0.05, 0) is 42.0 Å². The van der Waals surface area contributed by atoms with Crippen molar-refractivity contribution in [3.8, 4) is 0 Å². The number of amides is 1. The lowest BCUT2D eigenvalue weighted by Gasteiger charge is -2.12. The molecule has 4 rings (SSSR count). The number of benzene rings is 2. The van der Waals surface area contributed by atoms with Gasteiger partial charge in [0.1, 0.15) is 12.4 Å². The fourth-order valence-corrected chi connectivity index (χ4v) is 3.64. The van der Waals surface area contributed by atoms with E-state index in [2.05, 4.69) is 15.6 Å². The van der Waals surface area contributed by atoms with Gasteiger partial charge in [-0.15, -0.1) is 0 Å². The number of anilines is 2. The smallest absolute Gasteiger partial charge is 0.335 e. The minimum atomic E-state index is -1.03. The number of aromatic nitrogens is 2. The molecule has 2 aromatic heterocycles. The van der Waals surface area contributed by atoms with Crippen molar-refractivity contribution in [2.24, 2.45) is 5.73 Å². The highest BCUT2D eigenvalue weighted by molar-refractivity contribution is 6.08. The number of para-hydroxylation sites is 1. The molecule has 33 heavy (non-hydrogen) atoms. The van der Waals surface area contributed by atoms with E-state index in [1.165, 1.54) is 12.1 Å². The lowest BCUT2D eigenvalue weighted by atomic mass is 10.1. The van der Waals surface area contributed by atoms with E-state index in [9.17, 15) is 9.59 Å². The lowest BCUT2D eigenvalue weighted by Crippen LogP contribution is -2.19. The van der Waals surface area contributed by atoms with Crippen molar-refractivity contribution >= 4 is 40.0 Å². The molecule has 9 nitrogen and oxygen atoms in total. The Labute approximate surface area is 189 Å². The first-order valence-electron chi connectivity index (χ1n) is 10.1. The SMILES string of the molecule is N=C(N)c1cn(CC(=O)Nc2ccc(C(=O)O)cc2)c2c(CNc3cccnc3)cccc12. The molecule has 0 spiro atoms. The van der Waals surface area contributed by atoms with Crippen molar-refractivity contribution in [3.63, 3.8) is 0 Å². The van der Waals surface area contributed by atoms with E-state index < -0.39 is 5.97 Å². The second-order valence-electron chi connectivity index (χ2n) is 7.42. The van der Waals surface area contributed by atoms with E-state index in [4.69, 9.17) is 16.2 Å². The van der Waals surface area contributed by atoms with Crippen molar-refractivity contribution in [1.82, 2.24) is 9.55 Å². The summed E-state index contributed by atoms with van der Waals surface area (Å²) in [5, 5.41) is 23.8. The number of fused-ring (bicyclic) bond motifs is 1. The Kier molecular flexibility index (Phi) is 6.03. The monoisotopic (exact) mass is 442 g/mol. The van der Waals surface area contributed by atoms with Crippen LogP contribution >= 0.6 is 0 Å². The highest BCUT2D eigenvalue weighted by Gasteiger charge is 2.16. The molecule has 0 aliphatic heterocycles. The zero-order chi connectivity index (χ0) is 23.4. The number of carbonyl (C=O) groups excluding carboxylic acids is 1. The van der Waals surface area contributed by atoms with Crippen molar-refractivity contribution in [2.75, 3.05) is 10.6 Å². The summed E-state index contributed by atoms with van der Waals surface area (Å²) in [6.45, 7) is 0.483. The maximum Gasteiger partial charge on any atom is 0.335 e. The Morgan fingerprint density at radius 2 is 1.85 bits per heavy atom.